The van der Waals surface area contributed by atoms with Gasteiger partial charge in [-0.1, -0.05) is 36.4 Å². The number of hydrogen-bond donors (Lipinski definition) is 5. The van der Waals surface area contributed by atoms with Gasteiger partial charge in [0.15, 0.2) is 5.82 Å². The van der Waals surface area contributed by atoms with Gasteiger partial charge in [0.05, 0.1) is 23.6 Å². The first kappa shape index (κ1) is 36.1. The minimum Gasteiger partial charge on any atom is -0.475 e. The second-order valence-corrected chi connectivity index (χ2v) is 13.9. The van der Waals surface area contributed by atoms with Crippen LogP contribution in [0.15, 0.2) is 73.2 Å². The van der Waals surface area contributed by atoms with Crippen LogP contribution in [0.1, 0.15) is 43.0 Å². The average molecular weight is 718 g/mol. The third-order valence-electron chi connectivity index (χ3n) is 8.56. The Kier molecular flexibility index (Phi) is 11.1. The van der Waals surface area contributed by atoms with Gasteiger partial charge in [-0.2, -0.15) is 5.10 Å². The number of carbonyl (C=O) groups is 1. The molecule has 2 aliphatic rings. The lowest BCUT2D eigenvalue weighted by Gasteiger charge is -2.37. The number of pyridine rings is 1. The van der Waals surface area contributed by atoms with E-state index in [1.807, 2.05) is 75.5 Å². The Bertz CT molecular complexity index is 1880. The number of methoxy groups -OCH3 is 1. The molecule has 0 saturated heterocycles. The summed E-state index contributed by atoms with van der Waals surface area (Å²) in [5, 5.41) is 26.5. The molecule has 2 aliphatic heterocycles. The number of aromatic nitrogens is 4. The zero-order chi connectivity index (χ0) is 36.1. The van der Waals surface area contributed by atoms with Crippen molar-refractivity contribution < 1.29 is 28.7 Å². The number of fused-ring (bicyclic) bond motifs is 1. The van der Waals surface area contributed by atoms with Crippen molar-refractivity contribution in [2.75, 3.05) is 49.4 Å². The molecule has 16 heteroatoms. The minimum atomic E-state index is -2.87. The molecule has 0 fully saturated rings. The molecule has 2 unspecified atom stereocenters. The molecule has 0 spiro atoms. The molecule has 15 nitrogen and oxygen atoms in total. The summed E-state index contributed by atoms with van der Waals surface area (Å²) in [7, 11) is 1.57. The van der Waals surface area contributed by atoms with Gasteiger partial charge in [-0.25, -0.2) is 24.5 Å². The molecule has 0 aliphatic carbocycles. The highest BCUT2D eigenvalue weighted by atomic mass is 32.2. The maximum Gasteiger partial charge on any atom is 0.310 e. The van der Waals surface area contributed by atoms with Crippen LogP contribution in [0.5, 0.6) is 5.88 Å². The fourth-order valence-electron chi connectivity index (χ4n) is 5.95. The standard InChI is InChI=1S/C35H43N9O6S/c1-23(2)50-31-12-9-27(20-36-31)32-29-19-28(10-11-30(29)38-39-32)41-51(48)18-17-44(22-49-4)35(46,47)34(45)43-15-13-25(14-16-43)24-5-7-26(8-6-24)33-37-21-42(3)40-33/h5-13,19-21,23,32,38-39,41,46-47H,14-18,22H2,1-4H3. The Morgan fingerprint density at radius 3 is 2.57 bits per heavy atom. The first-order valence-electron chi connectivity index (χ1n) is 16.6. The van der Waals surface area contributed by atoms with Crippen molar-refractivity contribution in [3.63, 3.8) is 0 Å². The van der Waals surface area contributed by atoms with Crippen LogP contribution in [-0.4, -0.2) is 101 Å². The molecule has 0 radical (unpaired) electrons. The van der Waals surface area contributed by atoms with Gasteiger partial charge in [-0.15, -0.1) is 0 Å². The first-order valence-corrected chi connectivity index (χ1v) is 17.9. The Labute approximate surface area is 298 Å². The van der Waals surface area contributed by atoms with Crippen LogP contribution in [-0.2, 0) is 27.6 Å². The molecule has 0 saturated carbocycles. The predicted octanol–water partition coefficient (Wildman–Crippen LogP) is 2.62. The molecule has 1 amide bonds. The number of nitrogens with zero attached hydrogens (tertiary/aromatic N) is 6. The molecule has 2 atom stereocenters. The Morgan fingerprint density at radius 2 is 1.92 bits per heavy atom. The van der Waals surface area contributed by atoms with E-state index in [1.165, 1.54) is 12.0 Å². The van der Waals surface area contributed by atoms with Gasteiger partial charge >= 0.3 is 5.91 Å². The SMILES string of the molecule is COCN(CCS(=O)Nc1ccc2c(c1)C(c1ccc(OC(C)C)nc1)NN2)C(O)(O)C(=O)N1CC=C(c2ccc(-c3ncn(C)n3)cc2)CC1. The lowest BCUT2D eigenvalue weighted by molar-refractivity contribution is -0.269. The summed E-state index contributed by atoms with van der Waals surface area (Å²) in [4.78, 5) is 24.5. The number of benzene rings is 2. The quantitative estimate of drug-likeness (QED) is 0.121. The van der Waals surface area contributed by atoms with Gasteiger partial charge in [0.1, 0.15) is 24.0 Å². The van der Waals surface area contributed by atoms with E-state index in [0.29, 0.717) is 30.4 Å². The van der Waals surface area contributed by atoms with Crippen molar-refractivity contribution in [2.45, 2.75) is 38.3 Å². The number of amides is 1. The lowest BCUT2D eigenvalue weighted by atomic mass is 9.98. The molecule has 2 aromatic carbocycles. The number of carbonyl (C=O) groups excluding carboxylic acids is 1. The molecule has 4 aromatic rings. The number of rotatable bonds is 14. The van der Waals surface area contributed by atoms with E-state index in [2.05, 4.69) is 30.6 Å². The van der Waals surface area contributed by atoms with E-state index < -0.39 is 22.8 Å². The lowest BCUT2D eigenvalue weighted by Crippen LogP contribution is -2.61. The van der Waals surface area contributed by atoms with Crippen molar-refractivity contribution in [1.29, 1.82) is 0 Å². The van der Waals surface area contributed by atoms with Crippen LogP contribution in [0.3, 0.4) is 0 Å². The molecule has 270 valence electrons. The number of hydrazine groups is 1. The summed E-state index contributed by atoms with van der Waals surface area (Å²) >= 11 is 0. The van der Waals surface area contributed by atoms with Crippen LogP contribution in [0.25, 0.3) is 17.0 Å². The van der Waals surface area contributed by atoms with Crippen LogP contribution in [0, 0.1) is 0 Å². The second kappa shape index (κ2) is 15.7. The Morgan fingerprint density at radius 1 is 1.14 bits per heavy atom. The molecule has 2 aromatic heterocycles. The fourth-order valence-corrected chi connectivity index (χ4v) is 6.83. The highest BCUT2D eigenvalue weighted by Gasteiger charge is 2.43. The number of nitrogens with one attached hydrogen (secondary N) is 3. The zero-order valence-corrected chi connectivity index (χ0v) is 29.8. The van der Waals surface area contributed by atoms with E-state index in [1.54, 1.807) is 23.3 Å². The van der Waals surface area contributed by atoms with E-state index in [0.717, 1.165) is 38.4 Å². The van der Waals surface area contributed by atoms with Gasteiger partial charge in [0.2, 0.25) is 5.88 Å². The smallest absolute Gasteiger partial charge is 0.310 e. The topological polar surface area (TPSA) is 179 Å². The molecular formula is C35H43N9O6S. The monoisotopic (exact) mass is 717 g/mol. The van der Waals surface area contributed by atoms with Gasteiger partial charge in [0, 0.05) is 62.9 Å². The van der Waals surface area contributed by atoms with Crippen LogP contribution >= 0.6 is 0 Å². The predicted molar refractivity (Wildman–Crippen MR) is 193 cm³/mol. The Balaban J connectivity index is 1.04. The Hall–Kier alpha value is -4.71. The third kappa shape index (κ3) is 8.44. The highest BCUT2D eigenvalue weighted by Crippen LogP contribution is 2.35. The van der Waals surface area contributed by atoms with Gasteiger partial charge < -0.3 is 34.7 Å². The molecule has 51 heavy (non-hydrogen) atoms. The fraction of sp³-hybridized carbons (Fsp3) is 0.371. The number of aryl methyl sites for hydroxylation is 1. The summed E-state index contributed by atoms with van der Waals surface area (Å²) in [5.74, 6) is -2.59. The molecular weight excluding hydrogens is 675 g/mol. The summed E-state index contributed by atoms with van der Waals surface area (Å²) < 4.78 is 28.7. The summed E-state index contributed by atoms with van der Waals surface area (Å²) in [5.41, 5.74) is 12.7. The molecule has 0 bridgehead atoms. The molecule has 4 heterocycles. The first-order chi connectivity index (χ1) is 24.5. The maximum absolute atomic E-state index is 13.4. The molecule has 5 N–H and O–H groups in total. The number of hydrogen-bond acceptors (Lipinski definition) is 12. The van der Waals surface area contributed by atoms with E-state index >= 15 is 0 Å². The maximum atomic E-state index is 13.4. The normalized spacial score (nSPS) is 16.5. The number of aliphatic hydroxyl groups is 2. The van der Waals surface area contributed by atoms with Crippen molar-refractivity contribution >= 4 is 33.8 Å². The second-order valence-electron chi connectivity index (χ2n) is 12.6. The van der Waals surface area contributed by atoms with E-state index in [4.69, 9.17) is 9.47 Å². The molecule has 6 rings (SSSR count). The summed E-state index contributed by atoms with van der Waals surface area (Å²) in [6.45, 7) is 4.00. The van der Waals surface area contributed by atoms with E-state index in [-0.39, 0.29) is 37.7 Å². The number of ether oxygens (including phenoxy) is 2. The van der Waals surface area contributed by atoms with Crippen LogP contribution < -0.4 is 20.3 Å². The zero-order valence-electron chi connectivity index (χ0n) is 28.9. The highest BCUT2D eigenvalue weighted by molar-refractivity contribution is 7.86. The number of anilines is 2. The van der Waals surface area contributed by atoms with Gasteiger partial charge in [-0.05, 0) is 55.2 Å². The van der Waals surface area contributed by atoms with Crippen molar-refractivity contribution in [2.24, 2.45) is 7.05 Å². The largest absolute Gasteiger partial charge is 0.475 e. The van der Waals surface area contributed by atoms with Crippen LogP contribution in [0.4, 0.5) is 11.4 Å². The summed E-state index contributed by atoms with van der Waals surface area (Å²) in [6, 6.07) is 17.0. The van der Waals surface area contributed by atoms with Crippen molar-refractivity contribution in [1.82, 2.24) is 35.0 Å². The summed E-state index contributed by atoms with van der Waals surface area (Å²) in [6.07, 6.45) is 5.86. The van der Waals surface area contributed by atoms with Gasteiger partial charge in [0.25, 0.3) is 5.91 Å². The third-order valence-corrected chi connectivity index (χ3v) is 9.58. The van der Waals surface area contributed by atoms with Crippen molar-refractivity contribution in [3.8, 4) is 17.3 Å². The minimum absolute atomic E-state index is 0.0197. The van der Waals surface area contributed by atoms with Gasteiger partial charge in [-0.3, -0.25) is 9.48 Å². The average Bonchev–Trinajstić information content (AvgIpc) is 3.76. The van der Waals surface area contributed by atoms with E-state index in [9.17, 15) is 19.2 Å². The van der Waals surface area contributed by atoms with Crippen LogP contribution in [0.2, 0.25) is 0 Å². The van der Waals surface area contributed by atoms with Crippen molar-refractivity contribution in [3.05, 3.63) is 89.9 Å².